The molecule has 0 amide bonds. The first kappa shape index (κ1) is 33.7. The molecule has 6 rings (SSSR count). The third kappa shape index (κ3) is 7.46. The average Bonchev–Trinajstić information content (AvgIpc) is 3.59. The quantitative estimate of drug-likeness (QED) is 0.189. The van der Waals surface area contributed by atoms with Crippen molar-refractivity contribution >= 4 is 5.97 Å². The minimum Gasteiger partial charge on any atom is -0.502 e. The summed E-state index contributed by atoms with van der Waals surface area (Å²) in [5, 5.41) is 11.0. The lowest BCUT2D eigenvalue weighted by Crippen LogP contribution is -2.30. The van der Waals surface area contributed by atoms with Crippen LogP contribution in [-0.2, 0) is 41.9 Å². The van der Waals surface area contributed by atoms with Crippen LogP contribution in [0.4, 0.5) is 0 Å². The fraction of sp³-hybridized carbons (Fsp3) is 0.368. The summed E-state index contributed by atoms with van der Waals surface area (Å²) in [4.78, 5) is 27.9. The Kier molecular flexibility index (Phi) is 10.3. The Balaban J connectivity index is 1.22. The molecule has 258 valence electrons. The van der Waals surface area contributed by atoms with Crippen LogP contribution in [0.1, 0.15) is 51.7 Å². The van der Waals surface area contributed by atoms with Crippen molar-refractivity contribution in [1.29, 1.82) is 0 Å². The first-order valence-corrected chi connectivity index (χ1v) is 16.2. The van der Waals surface area contributed by atoms with Gasteiger partial charge in [-0.1, -0.05) is 18.2 Å². The molecule has 0 bridgehead atoms. The van der Waals surface area contributed by atoms with Crippen LogP contribution < -0.4 is 29.1 Å². The van der Waals surface area contributed by atoms with Gasteiger partial charge in [0.1, 0.15) is 11.5 Å². The third-order valence-electron chi connectivity index (χ3n) is 9.08. The predicted octanol–water partition coefficient (Wildman–Crippen LogP) is 5.18. The summed E-state index contributed by atoms with van der Waals surface area (Å²) < 4.78 is 39.6. The van der Waals surface area contributed by atoms with Crippen molar-refractivity contribution in [3.63, 3.8) is 0 Å². The molecule has 1 aromatic heterocycles. The molecular formula is C38H41NO10. The second-order valence-electron chi connectivity index (χ2n) is 12.1. The average molecular weight is 672 g/mol. The molecule has 2 aliphatic heterocycles. The van der Waals surface area contributed by atoms with Crippen LogP contribution in [0.15, 0.2) is 63.8 Å². The fourth-order valence-electron chi connectivity index (χ4n) is 6.47. The standard InChI is InChI=1S/C38H41NO10/c1-43-33-17-25(6-8-32(33)48-13-10-23-5-7-31-26(15-23)11-14-47-31)29(20-36(41)46-4)38-37(42)30(40)19-28(49-38)22-39-12-9-24-16-34(44-2)35(45-3)18-27(24)21-39/h5-8,15-19,29,42H,9-14,20-22H2,1-4H3. The van der Waals surface area contributed by atoms with Crippen molar-refractivity contribution < 1.29 is 42.7 Å². The van der Waals surface area contributed by atoms with E-state index < -0.39 is 23.1 Å². The van der Waals surface area contributed by atoms with E-state index in [0.717, 1.165) is 29.7 Å². The van der Waals surface area contributed by atoms with E-state index >= 15 is 0 Å². The normalized spacial score (nSPS) is 14.3. The van der Waals surface area contributed by atoms with E-state index in [9.17, 15) is 14.7 Å². The van der Waals surface area contributed by atoms with Crippen molar-refractivity contribution in [2.75, 3.05) is 48.2 Å². The highest BCUT2D eigenvalue weighted by Gasteiger charge is 2.29. The van der Waals surface area contributed by atoms with Crippen LogP contribution in [-0.4, -0.2) is 64.2 Å². The molecule has 0 saturated carbocycles. The maximum atomic E-state index is 13.1. The lowest BCUT2D eigenvalue weighted by molar-refractivity contribution is -0.140. The number of rotatable bonds is 13. The summed E-state index contributed by atoms with van der Waals surface area (Å²) in [5.74, 6) is 1.64. The number of hydrogen-bond donors (Lipinski definition) is 1. The number of aromatic hydroxyl groups is 1. The number of carbonyl (C=O) groups is 1. The maximum absolute atomic E-state index is 13.1. The summed E-state index contributed by atoms with van der Waals surface area (Å²) in [6.45, 7) is 2.75. The van der Waals surface area contributed by atoms with Gasteiger partial charge in [-0.15, -0.1) is 0 Å². The number of hydrogen-bond acceptors (Lipinski definition) is 11. The van der Waals surface area contributed by atoms with Crippen molar-refractivity contribution in [3.8, 4) is 34.5 Å². The summed E-state index contributed by atoms with van der Waals surface area (Å²) in [6.07, 6.45) is 2.19. The third-order valence-corrected chi connectivity index (χ3v) is 9.08. The highest BCUT2D eigenvalue weighted by Crippen LogP contribution is 2.39. The zero-order valence-electron chi connectivity index (χ0n) is 28.2. The van der Waals surface area contributed by atoms with Gasteiger partial charge in [-0.2, -0.15) is 0 Å². The summed E-state index contributed by atoms with van der Waals surface area (Å²) in [7, 11) is 6.03. The van der Waals surface area contributed by atoms with Crippen LogP contribution >= 0.6 is 0 Å². The van der Waals surface area contributed by atoms with E-state index in [0.29, 0.717) is 73.6 Å². The van der Waals surface area contributed by atoms with Crippen molar-refractivity contribution in [2.24, 2.45) is 0 Å². The molecule has 4 aromatic rings. The van der Waals surface area contributed by atoms with Gasteiger partial charge in [0.15, 0.2) is 28.8 Å². The Labute approximate surface area is 284 Å². The van der Waals surface area contributed by atoms with E-state index in [2.05, 4.69) is 11.0 Å². The van der Waals surface area contributed by atoms with Gasteiger partial charge in [0.2, 0.25) is 11.2 Å². The summed E-state index contributed by atoms with van der Waals surface area (Å²) >= 11 is 0. The van der Waals surface area contributed by atoms with Gasteiger partial charge < -0.3 is 37.9 Å². The molecule has 3 heterocycles. The van der Waals surface area contributed by atoms with E-state index in [4.69, 9.17) is 32.8 Å². The number of fused-ring (bicyclic) bond motifs is 2. The molecule has 1 N–H and O–H groups in total. The Hall–Kier alpha value is -5.16. The second kappa shape index (κ2) is 14.9. The largest absolute Gasteiger partial charge is 0.502 e. The maximum Gasteiger partial charge on any atom is 0.306 e. The molecule has 49 heavy (non-hydrogen) atoms. The monoisotopic (exact) mass is 671 g/mol. The van der Waals surface area contributed by atoms with Crippen molar-refractivity contribution in [2.45, 2.75) is 44.7 Å². The van der Waals surface area contributed by atoms with E-state index in [1.165, 1.54) is 31.4 Å². The first-order chi connectivity index (χ1) is 23.8. The van der Waals surface area contributed by atoms with Crippen LogP contribution in [0.25, 0.3) is 0 Å². The van der Waals surface area contributed by atoms with Gasteiger partial charge >= 0.3 is 5.97 Å². The van der Waals surface area contributed by atoms with Crippen LogP contribution in [0.2, 0.25) is 0 Å². The number of benzene rings is 3. The van der Waals surface area contributed by atoms with E-state index in [1.807, 2.05) is 24.3 Å². The molecule has 3 aromatic carbocycles. The minimum atomic E-state index is -0.838. The zero-order valence-corrected chi connectivity index (χ0v) is 28.2. The topological polar surface area (TPSA) is 126 Å². The van der Waals surface area contributed by atoms with Crippen LogP contribution in [0.5, 0.6) is 34.5 Å². The molecule has 2 aliphatic rings. The van der Waals surface area contributed by atoms with Crippen LogP contribution in [0.3, 0.4) is 0 Å². The molecular weight excluding hydrogens is 630 g/mol. The first-order valence-electron chi connectivity index (χ1n) is 16.2. The lowest BCUT2D eigenvalue weighted by Gasteiger charge is -2.29. The van der Waals surface area contributed by atoms with Crippen molar-refractivity contribution in [3.05, 3.63) is 104 Å². The molecule has 0 spiro atoms. The van der Waals surface area contributed by atoms with Gasteiger partial charge in [0, 0.05) is 32.0 Å². The highest BCUT2D eigenvalue weighted by atomic mass is 16.5. The van der Waals surface area contributed by atoms with Crippen LogP contribution in [0, 0.1) is 0 Å². The number of methoxy groups -OCH3 is 4. The van der Waals surface area contributed by atoms with Gasteiger partial charge in [0.05, 0.1) is 60.5 Å². The molecule has 0 aliphatic carbocycles. The van der Waals surface area contributed by atoms with Gasteiger partial charge in [-0.25, -0.2) is 0 Å². The predicted molar refractivity (Wildman–Crippen MR) is 180 cm³/mol. The molecule has 1 unspecified atom stereocenters. The number of carbonyl (C=O) groups excluding carboxylic acids is 1. The number of nitrogens with zero attached hydrogens (tertiary/aromatic N) is 1. The molecule has 1 atom stereocenters. The number of esters is 1. The van der Waals surface area contributed by atoms with Crippen molar-refractivity contribution in [1.82, 2.24) is 4.90 Å². The second-order valence-corrected chi connectivity index (χ2v) is 12.1. The van der Waals surface area contributed by atoms with E-state index in [-0.39, 0.29) is 12.2 Å². The van der Waals surface area contributed by atoms with Gasteiger partial charge in [-0.05, 0) is 64.6 Å². The highest BCUT2D eigenvalue weighted by molar-refractivity contribution is 5.71. The van der Waals surface area contributed by atoms with Gasteiger partial charge in [-0.3, -0.25) is 14.5 Å². The Morgan fingerprint density at radius 2 is 1.63 bits per heavy atom. The van der Waals surface area contributed by atoms with Gasteiger partial charge in [0.25, 0.3) is 0 Å². The fourth-order valence-corrected chi connectivity index (χ4v) is 6.47. The number of ether oxygens (including phenoxy) is 6. The molecule has 11 nitrogen and oxygen atoms in total. The SMILES string of the molecule is COC(=O)CC(c1ccc(OCCc2ccc3c(c2)CCO3)c(OC)c1)c1oc(CN2CCc3cc(OC)c(OC)cc3C2)cc(=O)c1O. The minimum absolute atomic E-state index is 0.0203. The summed E-state index contributed by atoms with van der Waals surface area (Å²) in [6, 6.07) is 16.7. The Morgan fingerprint density at radius 1 is 0.878 bits per heavy atom. The molecule has 0 fully saturated rings. The molecule has 0 saturated heterocycles. The Morgan fingerprint density at radius 3 is 2.39 bits per heavy atom. The lowest BCUT2D eigenvalue weighted by atomic mass is 9.91. The molecule has 11 heteroatoms. The Bertz CT molecular complexity index is 1880. The zero-order chi connectivity index (χ0) is 34.5. The summed E-state index contributed by atoms with van der Waals surface area (Å²) in [5.41, 5.74) is 4.59. The smallest absolute Gasteiger partial charge is 0.306 e. The molecule has 0 radical (unpaired) electrons. The van der Waals surface area contributed by atoms with E-state index in [1.54, 1.807) is 32.4 Å².